The first-order valence-electron chi connectivity index (χ1n) is 2.99. The minimum Gasteiger partial charge on any atom is -0.465 e. The molecular weight excluding hydrogens is 137 g/mol. The Morgan fingerprint density at radius 2 is 2.30 bits per heavy atom. The van der Waals surface area contributed by atoms with Crippen LogP contribution in [0, 0.1) is 5.92 Å². The summed E-state index contributed by atoms with van der Waals surface area (Å²) < 4.78 is 11.4. The van der Waals surface area contributed by atoms with Crippen molar-refractivity contribution in [3.05, 3.63) is 12.4 Å². The lowest BCUT2D eigenvalue weighted by Crippen LogP contribution is -2.48. The number of nitrogens with zero attached hydrogens (tertiary/aromatic N) is 1. The van der Waals surface area contributed by atoms with Crippen LogP contribution < -0.4 is 0 Å². The Morgan fingerprint density at radius 1 is 1.70 bits per heavy atom. The molecule has 3 nitrogen and oxygen atoms in total. The quantitative estimate of drug-likeness (QED) is 0.599. The Balaban J connectivity index is 2.24. The van der Waals surface area contributed by atoms with Crippen LogP contribution in [0.25, 0.3) is 0 Å². The van der Waals surface area contributed by atoms with Crippen molar-refractivity contribution in [2.45, 2.75) is 0 Å². The Labute approximate surface area is 57.7 Å². The van der Waals surface area contributed by atoms with E-state index in [0.29, 0.717) is 19.4 Å². The molecule has 0 aliphatic carbocycles. The number of rotatable bonds is 1. The normalized spacial score (nSPS) is 19.5. The fourth-order valence-corrected chi connectivity index (χ4v) is 0.893. The Morgan fingerprint density at radius 3 is 2.70 bits per heavy atom. The number of halogens is 1. The summed E-state index contributed by atoms with van der Waals surface area (Å²) in [7, 11) is 0. The van der Waals surface area contributed by atoms with Crippen LogP contribution >= 0.6 is 0 Å². The minimum atomic E-state index is -0.927. The molecule has 0 spiro atoms. The molecular formula is C6H8FNO2. The molecule has 0 aromatic rings. The molecule has 1 N–H and O–H groups in total. The molecule has 1 fully saturated rings. The molecule has 1 saturated heterocycles. The monoisotopic (exact) mass is 145 g/mol. The molecule has 0 radical (unpaired) electrons. The van der Waals surface area contributed by atoms with Gasteiger partial charge in [-0.1, -0.05) is 0 Å². The molecule has 1 aliphatic heterocycles. The molecule has 1 amide bonds. The first kappa shape index (κ1) is 7.05. The van der Waals surface area contributed by atoms with Gasteiger partial charge in [-0.25, -0.2) is 9.18 Å². The second kappa shape index (κ2) is 2.68. The van der Waals surface area contributed by atoms with E-state index in [9.17, 15) is 9.18 Å². The standard InChI is InChI=1S/C6H8FNO2/c7-2-1-5-3-8(4-5)6(9)10/h1-2,5H,3-4H2,(H,9,10)/b2-1-. The van der Waals surface area contributed by atoms with Gasteiger partial charge in [0.05, 0.1) is 6.33 Å². The summed E-state index contributed by atoms with van der Waals surface area (Å²) >= 11 is 0. The molecule has 0 aromatic carbocycles. The molecule has 0 aromatic heterocycles. The molecule has 4 heteroatoms. The maximum Gasteiger partial charge on any atom is 0.407 e. The Bertz CT molecular complexity index is 163. The summed E-state index contributed by atoms with van der Waals surface area (Å²) in [4.78, 5) is 11.4. The minimum absolute atomic E-state index is 0.0844. The molecule has 0 bridgehead atoms. The van der Waals surface area contributed by atoms with Crippen molar-refractivity contribution in [2.75, 3.05) is 13.1 Å². The highest BCUT2D eigenvalue weighted by molar-refractivity contribution is 5.66. The van der Waals surface area contributed by atoms with E-state index in [2.05, 4.69) is 0 Å². The van der Waals surface area contributed by atoms with Crippen molar-refractivity contribution in [1.82, 2.24) is 4.90 Å². The zero-order valence-electron chi connectivity index (χ0n) is 5.33. The molecule has 0 unspecified atom stereocenters. The van der Waals surface area contributed by atoms with Gasteiger partial charge in [0.2, 0.25) is 0 Å². The van der Waals surface area contributed by atoms with Crippen LogP contribution in [0.4, 0.5) is 9.18 Å². The molecule has 1 rings (SSSR count). The van der Waals surface area contributed by atoms with Gasteiger partial charge in [0.25, 0.3) is 0 Å². The van der Waals surface area contributed by atoms with Gasteiger partial charge in [-0.2, -0.15) is 0 Å². The molecule has 56 valence electrons. The van der Waals surface area contributed by atoms with E-state index in [1.807, 2.05) is 0 Å². The van der Waals surface area contributed by atoms with Gasteiger partial charge in [0, 0.05) is 19.0 Å². The molecule has 0 saturated carbocycles. The van der Waals surface area contributed by atoms with Gasteiger partial charge in [0.15, 0.2) is 0 Å². The predicted molar refractivity (Wildman–Crippen MR) is 33.3 cm³/mol. The summed E-state index contributed by atoms with van der Waals surface area (Å²) in [6.07, 6.45) is 0.909. The second-order valence-electron chi connectivity index (χ2n) is 2.27. The second-order valence-corrected chi connectivity index (χ2v) is 2.27. The van der Waals surface area contributed by atoms with Crippen LogP contribution in [0.2, 0.25) is 0 Å². The number of hydrogen-bond donors (Lipinski definition) is 1. The zero-order chi connectivity index (χ0) is 7.56. The molecule has 1 heterocycles. The molecule has 1 aliphatic rings. The van der Waals surface area contributed by atoms with Crippen molar-refractivity contribution in [3.8, 4) is 0 Å². The lowest BCUT2D eigenvalue weighted by molar-refractivity contribution is 0.0970. The molecule has 10 heavy (non-hydrogen) atoms. The van der Waals surface area contributed by atoms with Crippen molar-refractivity contribution in [2.24, 2.45) is 5.92 Å². The number of amides is 1. The third kappa shape index (κ3) is 1.26. The van der Waals surface area contributed by atoms with Crippen LogP contribution in [0.1, 0.15) is 0 Å². The van der Waals surface area contributed by atoms with Crippen LogP contribution in [-0.4, -0.2) is 29.2 Å². The maximum absolute atomic E-state index is 11.4. The fourth-order valence-electron chi connectivity index (χ4n) is 0.893. The fraction of sp³-hybridized carbons (Fsp3) is 0.500. The van der Waals surface area contributed by atoms with Crippen molar-refractivity contribution < 1.29 is 14.3 Å². The highest BCUT2D eigenvalue weighted by atomic mass is 19.1. The number of likely N-dealkylation sites (tertiary alicyclic amines) is 1. The number of carboxylic acid groups (broad SMARTS) is 1. The highest BCUT2D eigenvalue weighted by Gasteiger charge is 2.27. The van der Waals surface area contributed by atoms with Gasteiger partial charge >= 0.3 is 6.09 Å². The van der Waals surface area contributed by atoms with E-state index in [1.54, 1.807) is 0 Å². The van der Waals surface area contributed by atoms with Gasteiger partial charge in [-0.15, -0.1) is 0 Å². The lowest BCUT2D eigenvalue weighted by Gasteiger charge is -2.34. The van der Waals surface area contributed by atoms with Crippen molar-refractivity contribution in [1.29, 1.82) is 0 Å². The lowest BCUT2D eigenvalue weighted by atomic mass is 10.0. The Hall–Kier alpha value is -1.06. The predicted octanol–water partition coefficient (Wildman–Crippen LogP) is 1.08. The van der Waals surface area contributed by atoms with E-state index < -0.39 is 6.09 Å². The maximum atomic E-state index is 11.4. The van der Waals surface area contributed by atoms with E-state index in [-0.39, 0.29) is 5.92 Å². The zero-order valence-corrected chi connectivity index (χ0v) is 5.33. The summed E-state index contributed by atoms with van der Waals surface area (Å²) in [5, 5.41) is 8.33. The van der Waals surface area contributed by atoms with Crippen LogP contribution in [0.5, 0.6) is 0 Å². The summed E-state index contributed by atoms with van der Waals surface area (Å²) in [5.74, 6) is 0.0844. The highest BCUT2D eigenvalue weighted by Crippen LogP contribution is 2.16. The van der Waals surface area contributed by atoms with Gasteiger partial charge in [-0.05, 0) is 6.08 Å². The first-order chi connectivity index (χ1) is 4.74. The van der Waals surface area contributed by atoms with E-state index in [1.165, 1.54) is 11.0 Å². The summed E-state index contributed by atoms with van der Waals surface area (Å²) in [6.45, 7) is 0.853. The smallest absolute Gasteiger partial charge is 0.407 e. The third-order valence-electron chi connectivity index (χ3n) is 1.53. The number of hydrogen-bond acceptors (Lipinski definition) is 1. The topological polar surface area (TPSA) is 40.5 Å². The third-order valence-corrected chi connectivity index (χ3v) is 1.53. The summed E-state index contributed by atoms with van der Waals surface area (Å²) in [5.41, 5.74) is 0. The van der Waals surface area contributed by atoms with Crippen LogP contribution in [0.3, 0.4) is 0 Å². The van der Waals surface area contributed by atoms with Crippen molar-refractivity contribution in [3.63, 3.8) is 0 Å². The Kier molecular flexibility index (Phi) is 1.89. The SMILES string of the molecule is O=C(O)N1CC(/C=C\F)C1. The van der Waals surface area contributed by atoms with E-state index in [4.69, 9.17) is 5.11 Å². The van der Waals surface area contributed by atoms with E-state index >= 15 is 0 Å². The molecule has 0 atom stereocenters. The largest absolute Gasteiger partial charge is 0.465 e. The van der Waals surface area contributed by atoms with E-state index in [0.717, 1.165) is 0 Å². The number of carbonyl (C=O) groups is 1. The van der Waals surface area contributed by atoms with Crippen LogP contribution in [-0.2, 0) is 0 Å². The van der Waals surface area contributed by atoms with Crippen LogP contribution in [0.15, 0.2) is 12.4 Å². The average Bonchev–Trinajstić information content (AvgIpc) is 1.76. The summed E-state index contributed by atoms with van der Waals surface area (Å²) in [6, 6.07) is 0. The van der Waals surface area contributed by atoms with Crippen molar-refractivity contribution >= 4 is 6.09 Å². The first-order valence-corrected chi connectivity index (χ1v) is 2.99. The van der Waals surface area contributed by atoms with Gasteiger partial charge in [-0.3, -0.25) is 0 Å². The van der Waals surface area contributed by atoms with Gasteiger partial charge < -0.3 is 10.0 Å². The van der Waals surface area contributed by atoms with Gasteiger partial charge in [0.1, 0.15) is 0 Å². The average molecular weight is 145 g/mol.